The lowest BCUT2D eigenvalue weighted by molar-refractivity contribution is -0.130. The van der Waals surface area contributed by atoms with E-state index in [9.17, 15) is 24.4 Å². The van der Waals surface area contributed by atoms with Gasteiger partial charge < -0.3 is 49.4 Å². The summed E-state index contributed by atoms with van der Waals surface area (Å²) in [5.74, 6) is -0.294. The fourth-order valence-corrected chi connectivity index (χ4v) is 9.02. The van der Waals surface area contributed by atoms with E-state index in [1.165, 1.54) is 0 Å². The molecule has 2 aliphatic rings. The number of nitriles is 1. The summed E-state index contributed by atoms with van der Waals surface area (Å²) in [7, 11) is 0. The third kappa shape index (κ3) is 18.3. The molecule has 71 heavy (non-hydrogen) atoms. The van der Waals surface area contributed by atoms with E-state index in [1.54, 1.807) is 17.9 Å². The highest BCUT2D eigenvalue weighted by atomic mass is 35.5. The number of fused-ring (bicyclic) bond motifs is 1. The first-order chi connectivity index (χ1) is 34.0. The average Bonchev–Trinajstić information content (AvgIpc) is 3.58. The van der Waals surface area contributed by atoms with Crippen LogP contribution in [0.1, 0.15) is 89.7 Å². The van der Waals surface area contributed by atoms with Crippen LogP contribution in [0.2, 0.25) is 5.02 Å². The monoisotopic (exact) mass is 999 g/mol. The molecular formula is C55H75ClN6O9. The molecule has 16 heteroatoms. The van der Waals surface area contributed by atoms with Gasteiger partial charge in [0, 0.05) is 61.1 Å². The van der Waals surface area contributed by atoms with Gasteiger partial charge >= 0.3 is 0 Å². The van der Waals surface area contributed by atoms with E-state index in [0.29, 0.717) is 115 Å². The molecule has 15 nitrogen and oxygen atoms in total. The molecule has 1 saturated heterocycles. The zero-order valence-corrected chi connectivity index (χ0v) is 43.5. The van der Waals surface area contributed by atoms with E-state index in [4.69, 9.17) is 35.3 Å². The molecule has 4 atom stereocenters. The molecule has 5 rings (SSSR count). The number of nitrogens with zero attached hydrogens (tertiary/aromatic N) is 3. The Hall–Kier alpha value is -5.34. The van der Waals surface area contributed by atoms with Crippen LogP contribution in [0.3, 0.4) is 0 Å². The molecule has 0 spiro atoms. The molecule has 4 amide bonds. The predicted molar refractivity (Wildman–Crippen MR) is 277 cm³/mol. The van der Waals surface area contributed by atoms with Gasteiger partial charge in [-0.25, -0.2) is 0 Å². The van der Waals surface area contributed by atoms with Gasteiger partial charge in [0.25, 0.3) is 11.8 Å². The Balaban J connectivity index is 0.876. The largest absolute Gasteiger partial charge is 0.378 e. The lowest BCUT2D eigenvalue weighted by Gasteiger charge is -2.39. The first-order valence-electron chi connectivity index (χ1n) is 25.0. The van der Waals surface area contributed by atoms with Gasteiger partial charge in [-0.1, -0.05) is 70.5 Å². The number of hydrogen-bond donors (Lipinski definition) is 3. The average molecular weight is 1000 g/mol. The second-order valence-electron chi connectivity index (χ2n) is 19.6. The first-order valence-corrected chi connectivity index (χ1v) is 25.4. The molecule has 0 aliphatic carbocycles. The summed E-state index contributed by atoms with van der Waals surface area (Å²) >= 11 is 6.13. The van der Waals surface area contributed by atoms with Crippen LogP contribution < -0.4 is 20.9 Å². The van der Waals surface area contributed by atoms with Gasteiger partial charge in [-0.05, 0) is 109 Å². The molecule has 1 fully saturated rings. The van der Waals surface area contributed by atoms with Crippen molar-refractivity contribution in [1.82, 2.24) is 15.5 Å². The van der Waals surface area contributed by atoms with Crippen molar-refractivity contribution in [3.63, 3.8) is 0 Å². The molecule has 3 N–H and O–H groups in total. The highest BCUT2D eigenvalue weighted by Crippen LogP contribution is 2.41. The number of carbonyl (C=O) groups is 4. The Morgan fingerprint density at radius 2 is 1.35 bits per heavy atom. The smallest absolute Gasteiger partial charge is 0.264 e. The minimum Gasteiger partial charge on any atom is -0.378 e. The maximum Gasteiger partial charge on any atom is 0.264 e. The molecule has 3 aromatic rings. The highest BCUT2D eigenvalue weighted by Gasteiger charge is 2.35. The van der Waals surface area contributed by atoms with E-state index < -0.39 is 0 Å². The maximum absolute atomic E-state index is 13.3. The molecule has 0 aromatic heterocycles. The Kier molecular flexibility index (Phi) is 22.8. The molecule has 0 radical (unpaired) electrons. The lowest BCUT2D eigenvalue weighted by Crippen LogP contribution is -2.43. The van der Waals surface area contributed by atoms with Gasteiger partial charge in [-0.15, -0.1) is 0 Å². The molecular weight excluding hydrogens is 924 g/mol. The van der Waals surface area contributed by atoms with Crippen LogP contribution in [0.15, 0.2) is 78.4 Å². The van der Waals surface area contributed by atoms with Crippen molar-refractivity contribution in [2.24, 2.45) is 23.2 Å². The van der Waals surface area contributed by atoms with E-state index in [2.05, 4.69) is 48.9 Å². The van der Waals surface area contributed by atoms with Crippen molar-refractivity contribution in [2.75, 3.05) is 102 Å². The first kappa shape index (κ1) is 56.6. The highest BCUT2D eigenvalue weighted by molar-refractivity contribution is 6.30. The van der Waals surface area contributed by atoms with Crippen molar-refractivity contribution in [3.05, 3.63) is 94.5 Å². The third-order valence-corrected chi connectivity index (χ3v) is 12.8. The minimum absolute atomic E-state index is 0.00371. The number of carbonyl (C=O) groups excluding carboxylic acids is 4. The summed E-state index contributed by atoms with van der Waals surface area (Å²) in [6.45, 7) is 19.2. The fourth-order valence-electron chi connectivity index (χ4n) is 8.89. The quantitative estimate of drug-likeness (QED) is 0.0423. The lowest BCUT2D eigenvalue weighted by atomic mass is 9.85. The van der Waals surface area contributed by atoms with Crippen molar-refractivity contribution in [2.45, 2.75) is 79.8 Å². The molecule has 2 aliphatic heterocycles. The van der Waals surface area contributed by atoms with Gasteiger partial charge in [0.05, 0.1) is 78.0 Å². The van der Waals surface area contributed by atoms with Crippen LogP contribution in [0.5, 0.6) is 0 Å². The number of nitrogens with one attached hydrogen (secondary N) is 3. The van der Waals surface area contributed by atoms with Crippen LogP contribution in [0, 0.1) is 34.5 Å². The summed E-state index contributed by atoms with van der Waals surface area (Å²) in [4.78, 5) is 55.7. The zero-order valence-electron chi connectivity index (χ0n) is 42.7. The second kappa shape index (κ2) is 28.6. The van der Waals surface area contributed by atoms with Gasteiger partial charge in [-0.2, -0.15) is 5.26 Å². The standard InChI is InChI=1S/C55H75ClN6O9/c1-38(2)43-18-21-61(54(66)46(36-57)35-55(5,6)7)37-45(33-43)53(65)59-20-23-68-25-27-70-29-31-71-30-28-69-26-24-67-22-19-58-52(64)42-10-8-41(9-11-42)44-12-17-51-49(34-44)50(32-39(3)62(51)40(4)63)60-48-15-13-47(56)14-16-48/h8-17,34-35,38-39,43,45,50,60H,18-33,37H2,1-7H3,(H,58,64)(H,59,65)/b46-35+/t39-,43?,45-,50+/m0/s1. The number of ether oxygens (including phenoxy) is 5. The van der Waals surface area contributed by atoms with Crippen molar-refractivity contribution < 1.29 is 42.9 Å². The molecule has 2 heterocycles. The summed E-state index contributed by atoms with van der Waals surface area (Å²) in [6, 6.07) is 23.3. The van der Waals surface area contributed by atoms with Gasteiger partial charge in [-0.3, -0.25) is 19.2 Å². The minimum atomic E-state index is -0.363. The normalized spacial score (nSPS) is 18.3. The number of amides is 4. The molecule has 0 saturated carbocycles. The van der Waals surface area contributed by atoms with E-state index in [-0.39, 0.29) is 59.2 Å². The summed E-state index contributed by atoms with van der Waals surface area (Å²) < 4.78 is 28.0. The van der Waals surface area contributed by atoms with Crippen molar-refractivity contribution in [1.29, 1.82) is 5.26 Å². The third-order valence-electron chi connectivity index (χ3n) is 12.6. The van der Waals surface area contributed by atoms with Crippen molar-refractivity contribution in [3.8, 4) is 17.2 Å². The van der Waals surface area contributed by atoms with Gasteiger partial charge in [0.2, 0.25) is 11.8 Å². The Bertz CT molecular complexity index is 2260. The number of likely N-dealkylation sites (tertiary alicyclic amines) is 1. The van der Waals surface area contributed by atoms with Crippen LogP contribution in [0.25, 0.3) is 11.1 Å². The van der Waals surface area contributed by atoms with Gasteiger partial charge in [0.1, 0.15) is 11.6 Å². The number of hydrogen-bond acceptors (Lipinski definition) is 11. The zero-order chi connectivity index (χ0) is 51.3. The summed E-state index contributed by atoms with van der Waals surface area (Å²) in [6.07, 6.45) is 3.93. The van der Waals surface area contributed by atoms with E-state index in [0.717, 1.165) is 40.9 Å². The van der Waals surface area contributed by atoms with Crippen LogP contribution >= 0.6 is 11.6 Å². The fraction of sp³-hybridized carbons (Fsp3) is 0.545. The Morgan fingerprint density at radius 1 is 0.789 bits per heavy atom. The number of anilines is 2. The van der Waals surface area contributed by atoms with Crippen LogP contribution in [0.4, 0.5) is 11.4 Å². The second-order valence-corrected chi connectivity index (χ2v) is 20.1. The number of benzene rings is 3. The SMILES string of the molecule is CC(=O)N1c2ccc(-c3ccc(C(=O)NCCOCCOCCOCCOCCOCCNC(=O)[C@H]4CC(C(C)C)CCN(C(=O)/C(C#N)=C/C(C)(C)C)C4)cc3)cc2[C@H](Nc2ccc(Cl)cc2)C[C@@H]1C. The van der Waals surface area contributed by atoms with Crippen LogP contribution in [-0.4, -0.2) is 127 Å². The molecule has 3 aromatic carbocycles. The predicted octanol–water partition coefficient (Wildman–Crippen LogP) is 8.24. The molecule has 0 bridgehead atoms. The van der Waals surface area contributed by atoms with Gasteiger partial charge in [0.15, 0.2) is 0 Å². The summed E-state index contributed by atoms with van der Waals surface area (Å²) in [5.41, 5.74) is 5.17. The Labute approximate surface area is 425 Å². The Morgan fingerprint density at radius 3 is 1.90 bits per heavy atom. The number of allylic oxidation sites excluding steroid dienone is 1. The van der Waals surface area contributed by atoms with E-state index in [1.807, 2.05) is 86.3 Å². The topological polar surface area (TPSA) is 181 Å². The summed E-state index contributed by atoms with van der Waals surface area (Å²) in [5, 5.41) is 19.9. The van der Waals surface area contributed by atoms with Crippen LogP contribution in [-0.2, 0) is 38.1 Å². The molecule has 1 unspecified atom stereocenters. The number of rotatable bonds is 25. The number of halogens is 1. The molecule has 386 valence electrons. The maximum atomic E-state index is 13.3. The van der Waals surface area contributed by atoms with Crippen molar-refractivity contribution >= 4 is 46.6 Å². The van der Waals surface area contributed by atoms with E-state index >= 15 is 0 Å².